The summed E-state index contributed by atoms with van der Waals surface area (Å²) < 4.78 is 19.4. The summed E-state index contributed by atoms with van der Waals surface area (Å²) in [5.74, 6) is 2.86. The molecule has 182 valence electrons. The molecule has 0 N–H and O–H groups in total. The van der Waals surface area contributed by atoms with Crippen molar-refractivity contribution in [1.29, 1.82) is 0 Å². The van der Waals surface area contributed by atoms with E-state index in [9.17, 15) is 0 Å². The molecule has 3 heteroatoms. The molecule has 0 amide bonds. The number of methoxy groups -OCH3 is 1. The molecule has 0 radical (unpaired) electrons. The SMILES string of the molecule is COc1c(CC=C(c2ccccc2)c2ccccc2)c2c(c3c1CCC(C)(C)O3)CCC(C)(C)O2. The molecule has 3 aromatic carbocycles. The zero-order valence-corrected chi connectivity index (χ0v) is 21.6. The Kier molecular flexibility index (Phi) is 6.13. The number of hydrogen-bond donors (Lipinski definition) is 0. The molecule has 0 fully saturated rings. The van der Waals surface area contributed by atoms with E-state index in [2.05, 4.69) is 94.4 Å². The standard InChI is InChI=1S/C32H36O3/c1-31(2)20-18-26-28(33-5)25(29-27(30(26)35-31)19-21-32(3,4)34-29)17-16-24(22-12-8-6-9-13-22)23-14-10-7-11-15-23/h6-16H,17-21H2,1-5H3. The van der Waals surface area contributed by atoms with Gasteiger partial charge in [0.25, 0.3) is 0 Å². The summed E-state index contributed by atoms with van der Waals surface area (Å²) in [4.78, 5) is 0. The molecule has 0 unspecified atom stereocenters. The Morgan fingerprint density at radius 2 is 1.29 bits per heavy atom. The summed E-state index contributed by atoms with van der Waals surface area (Å²) in [6.45, 7) is 8.69. The van der Waals surface area contributed by atoms with E-state index in [4.69, 9.17) is 14.2 Å². The minimum atomic E-state index is -0.226. The minimum Gasteiger partial charge on any atom is -0.496 e. The monoisotopic (exact) mass is 468 g/mol. The van der Waals surface area contributed by atoms with Gasteiger partial charge in [0.05, 0.1) is 7.11 Å². The molecule has 0 bridgehead atoms. The molecule has 3 nitrogen and oxygen atoms in total. The first kappa shape index (κ1) is 23.5. The van der Waals surface area contributed by atoms with Gasteiger partial charge in [-0.2, -0.15) is 0 Å². The Labute approximate surface area is 209 Å². The van der Waals surface area contributed by atoms with E-state index < -0.39 is 0 Å². The molecule has 0 saturated carbocycles. The Morgan fingerprint density at radius 3 is 1.83 bits per heavy atom. The fourth-order valence-electron chi connectivity index (χ4n) is 5.34. The van der Waals surface area contributed by atoms with Gasteiger partial charge in [0, 0.05) is 16.7 Å². The number of allylic oxidation sites excluding steroid dienone is 1. The molecule has 0 aromatic heterocycles. The maximum atomic E-state index is 6.68. The molecule has 0 aliphatic carbocycles. The van der Waals surface area contributed by atoms with Crippen LogP contribution in [0.25, 0.3) is 5.57 Å². The fraction of sp³-hybridized carbons (Fsp3) is 0.375. The molecule has 2 aliphatic heterocycles. The van der Waals surface area contributed by atoms with Crippen LogP contribution in [0.15, 0.2) is 66.7 Å². The van der Waals surface area contributed by atoms with Crippen LogP contribution < -0.4 is 14.2 Å². The van der Waals surface area contributed by atoms with Gasteiger partial charge in [-0.25, -0.2) is 0 Å². The summed E-state index contributed by atoms with van der Waals surface area (Å²) in [5, 5.41) is 0. The summed E-state index contributed by atoms with van der Waals surface area (Å²) in [6.07, 6.45) is 6.88. The third kappa shape index (κ3) is 4.69. The first-order chi connectivity index (χ1) is 16.8. The fourth-order valence-corrected chi connectivity index (χ4v) is 5.34. The van der Waals surface area contributed by atoms with Crippen LogP contribution in [0.1, 0.15) is 68.4 Å². The van der Waals surface area contributed by atoms with Crippen molar-refractivity contribution in [1.82, 2.24) is 0 Å². The van der Waals surface area contributed by atoms with E-state index in [-0.39, 0.29) is 11.2 Å². The maximum Gasteiger partial charge on any atom is 0.134 e. The van der Waals surface area contributed by atoms with Gasteiger partial charge >= 0.3 is 0 Å². The third-order valence-electron chi connectivity index (χ3n) is 7.24. The van der Waals surface area contributed by atoms with Crippen molar-refractivity contribution in [2.75, 3.05) is 7.11 Å². The van der Waals surface area contributed by atoms with Gasteiger partial charge in [-0.05, 0) is 76.5 Å². The lowest BCUT2D eigenvalue weighted by Gasteiger charge is -2.40. The molecule has 0 saturated heterocycles. The normalized spacial score (nSPS) is 17.3. The lowest BCUT2D eigenvalue weighted by Crippen LogP contribution is -2.37. The van der Waals surface area contributed by atoms with E-state index >= 15 is 0 Å². The molecule has 2 heterocycles. The van der Waals surface area contributed by atoms with Crippen molar-refractivity contribution < 1.29 is 14.2 Å². The Hall–Kier alpha value is -3.20. The van der Waals surface area contributed by atoms with Crippen LogP contribution in [0.2, 0.25) is 0 Å². The minimum absolute atomic E-state index is 0.187. The van der Waals surface area contributed by atoms with Gasteiger partial charge < -0.3 is 14.2 Å². The Morgan fingerprint density at radius 1 is 0.771 bits per heavy atom. The van der Waals surface area contributed by atoms with Crippen molar-refractivity contribution in [3.63, 3.8) is 0 Å². The predicted octanol–water partition coefficient (Wildman–Crippen LogP) is 7.58. The summed E-state index contributed by atoms with van der Waals surface area (Å²) in [7, 11) is 1.78. The maximum absolute atomic E-state index is 6.68. The lowest BCUT2D eigenvalue weighted by atomic mass is 9.84. The van der Waals surface area contributed by atoms with Crippen LogP contribution in [0.4, 0.5) is 0 Å². The highest BCUT2D eigenvalue weighted by atomic mass is 16.5. The van der Waals surface area contributed by atoms with Gasteiger partial charge in [-0.15, -0.1) is 0 Å². The second kappa shape index (κ2) is 9.11. The van der Waals surface area contributed by atoms with E-state index in [0.29, 0.717) is 0 Å². The third-order valence-corrected chi connectivity index (χ3v) is 7.24. The lowest BCUT2D eigenvalue weighted by molar-refractivity contribution is 0.0646. The van der Waals surface area contributed by atoms with Gasteiger partial charge in [-0.1, -0.05) is 66.7 Å². The quantitative estimate of drug-likeness (QED) is 0.386. The summed E-state index contributed by atoms with van der Waals surface area (Å²) >= 11 is 0. The number of benzene rings is 3. The number of ether oxygens (including phenoxy) is 3. The molecular formula is C32H36O3. The Balaban J connectivity index is 1.67. The average Bonchev–Trinajstić information content (AvgIpc) is 2.84. The highest BCUT2D eigenvalue weighted by Crippen LogP contribution is 2.52. The smallest absolute Gasteiger partial charge is 0.134 e. The van der Waals surface area contributed by atoms with Crippen molar-refractivity contribution in [2.45, 2.75) is 71.0 Å². The van der Waals surface area contributed by atoms with Crippen LogP contribution in [-0.2, 0) is 19.3 Å². The van der Waals surface area contributed by atoms with Crippen molar-refractivity contribution in [2.24, 2.45) is 0 Å². The molecule has 35 heavy (non-hydrogen) atoms. The van der Waals surface area contributed by atoms with E-state index in [1.54, 1.807) is 7.11 Å². The van der Waals surface area contributed by atoms with Gasteiger partial charge in [0.1, 0.15) is 28.5 Å². The highest BCUT2D eigenvalue weighted by molar-refractivity contribution is 5.80. The molecule has 0 spiro atoms. The van der Waals surface area contributed by atoms with Crippen molar-refractivity contribution >= 4 is 5.57 Å². The molecule has 0 atom stereocenters. The number of hydrogen-bond acceptors (Lipinski definition) is 3. The zero-order valence-electron chi connectivity index (χ0n) is 21.6. The van der Waals surface area contributed by atoms with E-state index in [1.807, 2.05) is 0 Å². The summed E-state index contributed by atoms with van der Waals surface area (Å²) in [6, 6.07) is 21.2. The average molecular weight is 469 g/mol. The van der Waals surface area contributed by atoms with Crippen molar-refractivity contribution in [3.05, 3.63) is 94.6 Å². The zero-order chi connectivity index (χ0) is 24.6. The summed E-state index contributed by atoms with van der Waals surface area (Å²) in [5.41, 5.74) is 6.74. The van der Waals surface area contributed by atoms with Crippen LogP contribution >= 0.6 is 0 Å². The number of rotatable bonds is 5. The first-order valence-corrected chi connectivity index (χ1v) is 12.7. The van der Waals surface area contributed by atoms with Crippen molar-refractivity contribution in [3.8, 4) is 17.2 Å². The topological polar surface area (TPSA) is 27.7 Å². The molecular weight excluding hydrogens is 432 g/mol. The van der Waals surface area contributed by atoms with Crippen LogP contribution in [0.3, 0.4) is 0 Å². The van der Waals surface area contributed by atoms with E-state index in [0.717, 1.165) is 54.9 Å². The number of fused-ring (bicyclic) bond motifs is 3. The Bertz CT molecular complexity index is 1200. The van der Waals surface area contributed by atoms with E-state index in [1.165, 1.54) is 27.8 Å². The van der Waals surface area contributed by atoms with Crippen LogP contribution in [0, 0.1) is 0 Å². The first-order valence-electron chi connectivity index (χ1n) is 12.7. The molecule has 2 aliphatic rings. The second-order valence-electron chi connectivity index (χ2n) is 10.9. The van der Waals surface area contributed by atoms with Crippen LogP contribution in [-0.4, -0.2) is 18.3 Å². The van der Waals surface area contributed by atoms with Crippen LogP contribution in [0.5, 0.6) is 17.2 Å². The molecule has 5 rings (SSSR count). The van der Waals surface area contributed by atoms with Gasteiger partial charge in [-0.3, -0.25) is 0 Å². The molecule has 3 aromatic rings. The van der Waals surface area contributed by atoms with Gasteiger partial charge in [0.2, 0.25) is 0 Å². The largest absolute Gasteiger partial charge is 0.496 e. The van der Waals surface area contributed by atoms with Gasteiger partial charge in [0.15, 0.2) is 0 Å². The second-order valence-corrected chi connectivity index (χ2v) is 10.9. The predicted molar refractivity (Wildman–Crippen MR) is 143 cm³/mol. The highest BCUT2D eigenvalue weighted by Gasteiger charge is 2.38.